The Hall–Kier alpha value is -2.68. The lowest BCUT2D eigenvalue weighted by atomic mass is 10.1. The molecule has 1 aromatic heterocycles. The zero-order valence-electron chi connectivity index (χ0n) is 11.8. The summed E-state index contributed by atoms with van der Waals surface area (Å²) >= 11 is 0. The number of ether oxygens (including phenoxy) is 2. The van der Waals surface area contributed by atoms with Gasteiger partial charge >= 0.3 is 5.97 Å². The Kier molecular flexibility index (Phi) is 3.63. The van der Waals surface area contributed by atoms with Crippen molar-refractivity contribution in [3.8, 4) is 0 Å². The Morgan fingerprint density at radius 2 is 2.14 bits per heavy atom. The summed E-state index contributed by atoms with van der Waals surface area (Å²) in [4.78, 5) is 28.3. The van der Waals surface area contributed by atoms with Crippen LogP contribution in [-0.2, 0) is 9.47 Å². The molecule has 1 saturated heterocycles. The molecule has 0 saturated carbocycles. The molecular weight excluding hydrogens is 294 g/mol. The lowest BCUT2D eigenvalue weighted by Gasteiger charge is -2.24. The predicted molar refractivity (Wildman–Crippen MR) is 75.0 cm³/mol. The summed E-state index contributed by atoms with van der Waals surface area (Å²) in [7, 11) is 1.16. The first-order chi connectivity index (χ1) is 10.6. The second-order valence-corrected chi connectivity index (χ2v) is 4.68. The molecule has 1 aliphatic heterocycles. The van der Waals surface area contributed by atoms with Crippen molar-refractivity contribution < 1.29 is 23.6 Å². The highest BCUT2D eigenvalue weighted by Gasteiger charge is 2.25. The van der Waals surface area contributed by atoms with Gasteiger partial charge < -0.3 is 18.8 Å². The van der Waals surface area contributed by atoms with Crippen LogP contribution in [-0.4, -0.2) is 49.3 Å². The van der Waals surface area contributed by atoms with Crippen LogP contribution in [0.3, 0.4) is 0 Å². The Labute approximate surface area is 124 Å². The molecule has 22 heavy (non-hydrogen) atoms. The number of hydrogen-bond acceptors (Lipinski definition) is 8. The number of nitrogens with zero attached hydrogens (tertiary/aromatic N) is 3. The highest BCUT2D eigenvalue weighted by molar-refractivity contribution is 5.98. The maximum absolute atomic E-state index is 11.7. The molecule has 116 valence electrons. The van der Waals surface area contributed by atoms with Crippen molar-refractivity contribution in [2.75, 3.05) is 38.3 Å². The second kappa shape index (κ2) is 5.60. The van der Waals surface area contributed by atoms with Crippen LogP contribution in [0.1, 0.15) is 10.4 Å². The van der Waals surface area contributed by atoms with E-state index in [0.717, 1.165) is 7.11 Å². The Morgan fingerprint density at radius 3 is 2.77 bits per heavy atom. The normalized spacial score (nSPS) is 15.0. The van der Waals surface area contributed by atoms with Gasteiger partial charge in [0.2, 0.25) is 0 Å². The average Bonchev–Trinajstić information content (AvgIpc) is 2.96. The Morgan fingerprint density at radius 1 is 1.41 bits per heavy atom. The Bertz CT molecular complexity index is 735. The number of morpholine rings is 1. The number of nitro groups is 1. The molecule has 2 heterocycles. The van der Waals surface area contributed by atoms with Gasteiger partial charge in [0.25, 0.3) is 11.7 Å². The molecule has 0 unspecified atom stereocenters. The third-order valence-electron chi connectivity index (χ3n) is 3.38. The molecule has 1 aliphatic rings. The van der Waals surface area contributed by atoms with E-state index in [1.54, 1.807) is 0 Å². The Balaban J connectivity index is 2.07. The van der Waals surface area contributed by atoms with Crippen LogP contribution in [0, 0.1) is 10.1 Å². The lowest BCUT2D eigenvalue weighted by molar-refractivity contribution is -0.385. The molecule has 0 amide bonds. The van der Waals surface area contributed by atoms with E-state index >= 15 is 0 Å². The molecule has 0 aliphatic carbocycles. The van der Waals surface area contributed by atoms with Gasteiger partial charge in [-0.2, -0.15) is 4.98 Å². The summed E-state index contributed by atoms with van der Waals surface area (Å²) < 4.78 is 15.4. The third kappa shape index (κ3) is 2.46. The first-order valence-corrected chi connectivity index (χ1v) is 6.60. The number of rotatable bonds is 3. The largest absolute Gasteiger partial charge is 0.465 e. The van der Waals surface area contributed by atoms with Gasteiger partial charge in [0.05, 0.1) is 31.3 Å². The number of nitro benzene ring substituents is 1. The van der Waals surface area contributed by atoms with Crippen molar-refractivity contribution in [3.05, 3.63) is 27.8 Å². The molecule has 2 aromatic rings. The van der Waals surface area contributed by atoms with Gasteiger partial charge in [-0.1, -0.05) is 0 Å². The van der Waals surface area contributed by atoms with Crippen LogP contribution < -0.4 is 4.90 Å². The number of aromatic nitrogens is 1. The fourth-order valence-electron chi connectivity index (χ4n) is 2.27. The minimum Gasteiger partial charge on any atom is -0.465 e. The lowest BCUT2D eigenvalue weighted by Crippen LogP contribution is -2.36. The highest BCUT2D eigenvalue weighted by Crippen LogP contribution is 2.29. The van der Waals surface area contributed by atoms with E-state index in [9.17, 15) is 14.9 Å². The molecular formula is C13H13N3O6. The number of fused-ring (bicyclic) bond motifs is 1. The van der Waals surface area contributed by atoms with E-state index in [1.165, 1.54) is 12.1 Å². The molecule has 0 atom stereocenters. The summed E-state index contributed by atoms with van der Waals surface area (Å²) in [6.07, 6.45) is 0. The van der Waals surface area contributed by atoms with E-state index < -0.39 is 10.9 Å². The topological polar surface area (TPSA) is 108 Å². The molecule has 3 rings (SSSR count). The fourth-order valence-corrected chi connectivity index (χ4v) is 2.27. The van der Waals surface area contributed by atoms with E-state index in [1.807, 2.05) is 4.90 Å². The third-order valence-corrected chi connectivity index (χ3v) is 3.38. The number of methoxy groups -OCH3 is 1. The number of anilines is 1. The first-order valence-electron chi connectivity index (χ1n) is 6.60. The van der Waals surface area contributed by atoms with Crippen LogP contribution in [0.25, 0.3) is 11.1 Å². The minimum absolute atomic E-state index is 0.151. The van der Waals surface area contributed by atoms with Crippen molar-refractivity contribution in [2.24, 2.45) is 0 Å². The molecule has 0 spiro atoms. The van der Waals surface area contributed by atoms with Crippen molar-refractivity contribution in [1.82, 2.24) is 4.98 Å². The highest BCUT2D eigenvalue weighted by atomic mass is 16.6. The van der Waals surface area contributed by atoms with E-state index in [0.29, 0.717) is 37.8 Å². The molecule has 0 N–H and O–H groups in total. The summed E-state index contributed by atoms with van der Waals surface area (Å²) in [5.74, 6) is -0.787. The number of benzene rings is 1. The minimum atomic E-state index is -0.787. The van der Waals surface area contributed by atoms with Gasteiger partial charge in [0.1, 0.15) is 11.1 Å². The number of esters is 1. The first kappa shape index (κ1) is 14.3. The maximum Gasteiger partial charge on any atom is 0.344 e. The number of carbonyl (C=O) groups excluding carboxylic acids is 1. The number of carbonyl (C=O) groups is 1. The quantitative estimate of drug-likeness (QED) is 0.475. The zero-order chi connectivity index (χ0) is 15.7. The summed E-state index contributed by atoms with van der Waals surface area (Å²) in [5, 5.41) is 11.1. The van der Waals surface area contributed by atoms with Gasteiger partial charge in [0, 0.05) is 13.1 Å². The smallest absolute Gasteiger partial charge is 0.344 e. The van der Waals surface area contributed by atoms with E-state index in [2.05, 4.69) is 9.72 Å². The van der Waals surface area contributed by atoms with Gasteiger partial charge in [-0.15, -0.1) is 0 Å². The van der Waals surface area contributed by atoms with Crippen molar-refractivity contribution in [2.45, 2.75) is 0 Å². The summed E-state index contributed by atoms with van der Waals surface area (Å²) in [6, 6.07) is 2.86. The fraction of sp³-hybridized carbons (Fsp3) is 0.385. The predicted octanol–water partition coefficient (Wildman–Crippen LogP) is 1.36. The molecule has 1 aromatic carbocycles. The molecule has 9 heteroatoms. The maximum atomic E-state index is 11.7. The van der Waals surface area contributed by atoms with Gasteiger partial charge in [-0.05, 0) is 6.07 Å². The van der Waals surface area contributed by atoms with Crippen LogP contribution in [0.4, 0.5) is 11.7 Å². The van der Waals surface area contributed by atoms with Crippen LogP contribution >= 0.6 is 0 Å². The van der Waals surface area contributed by atoms with Crippen molar-refractivity contribution >= 4 is 28.8 Å². The number of oxazole rings is 1. The number of hydrogen-bond donors (Lipinski definition) is 0. The SMILES string of the molecule is COC(=O)c1cc2nc(N3CCOCC3)oc2cc1[N+](=O)[O-]. The molecule has 0 radical (unpaired) electrons. The van der Waals surface area contributed by atoms with Crippen molar-refractivity contribution in [3.63, 3.8) is 0 Å². The average molecular weight is 307 g/mol. The van der Waals surface area contributed by atoms with Crippen LogP contribution in [0.15, 0.2) is 16.5 Å². The molecule has 1 fully saturated rings. The second-order valence-electron chi connectivity index (χ2n) is 4.68. The summed E-state index contributed by atoms with van der Waals surface area (Å²) in [5.41, 5.74) is 0.0965. The summed E-state index contributed by atoms with van der Waals surface area (Å²) in [6.45, 7) is 2.37. The van der Waals surface area contributed by atoms with Gasteiger partial charge in [-0.3, -0.25) is 10.1 Å². The van der Waals surface area contributed by atoms with E-state index in [-0.39, 0.29) is 16.8 Å². The zero-order valence-corrected chi connectivity index (χ0v) is 11.8. The molecule has 0 bridgehead atoms. The monoisotopic (exact) mass is 307 g/mol. The molecule has 9 nitrogen and oxygen atoms in total. The van der Waals surface area contributed by atoms with E-state index in [4.69, 9.17) is 9.15 Å². The van der Waals surface area contributed by atoms with Gasteiger partial charge in [0.15, 0.2) is 5.58 Å². The van der Waals surface area contributed by atoms with Crippen LogP contribution in [0.5, 0.6) is 0 Å². The van der Waals surface area contributed by atoms with Crippen LogP contribution in [0.2, 0.25) is 0 Å². The van der Waals surface area contributed by atoms with Crippen molar-refractivity contribution in [1.29, 1.82) is 0 Å². The van der Waals surface area contributed by atoms with Gasteiger partial charge in [-0.25, -0.2) is 4.79 Å². The standard InChI is InChI=1S/C13H13N3O6/c1-20-12(17)8-6-9-11(7-10(8)16(18)19)22-13(14-9)15-2-4-21-5-3-15/h6-7H,2-5H2,1H3.